The van der Waals surface area contributed by atoms with Crippen molar-refractivity contribution in [3.63, 3.8) is 0 Å². The quantitative estimate of drug-likeness (QED) is 0.831. The van der Waals surface area contributed by atoms with Crippen molar-refractivity contribution in [1.82, 2.24) is 9.97 Å². The van der Waals surface area contributed by atoms with Crippen molar-refractivity contribution in [3.05, 3.63) is 11.9 Å². The zero-order valence-electron chi connectivity index (χ0n) is 10.9. The molecule has 16 heavy (non-hydrogen) atoms. The first-order valence-corrected chi connectivity index (χ1v) is 5.92. The first-order chi connectivity index (χ1) is 7.58. The lowest BCUT2D eigenvalue weighted by atomic mass is 10.2. The average Bonchev–Trinajstić information content (AvgIpc) is 2.28. The lowest BCUT2D eigenvalue weighted by molar-refractivity contribution is 0.766. The van der Waals surface area contributed by atoms with Gasteiger partial charge in [0.1, 0.15) is 17.5 Å². The molecule has 0 aromatic carbocycles. The molecule has 1 heterocycles. The Kier molecular flexibility index (Phi) is 4.52. The second-order valence-electron chi connectivity index (χ2n) is 4.17. The summed E-state index contributed by atoms with van der Waals surface area (Å²) < 4.78 is 0. The molecule has 0 atom stereocenters. The molecule has 0 saturated heterocycles. The lowest BCUT2D eigenvalue weighted by Crippen LogP contribution is -2.19. The van der Waals surface area contributed by atoms with E-state index in [0.717, 1.165) is 30.5 Å². The summed E-state index contributed by atoms with van der Waals surface area (Å²) in [6, 6.07) is 2.00. The zero-order chi connectivity index (χ0) is 12.1. The summed E-state index contributed by atoms with van der Waals surface area (Å²) in [4.78, 5) is 11.2. The van der Waals surface area contributed by atoms with Crippen LogP contribution in [0.2, 0.25) is 0 Å². The fourth-order valence-corrected chi connectivity index (χ4v) is 1.34. The van der Waals surface area contributed by atoms with Gasteiger partial charge in [0.05, 0.1) is 0 Å². The maximum atomic E-state index is 4.56. The van der Waals surface area contributed by atoms with Gasteiger partial charge in [-0.3, -0.25) is 0 Å². The smallest absolute Gasteiger partial charge is 0.135 e. The maximum Gasteiger partial charge on any atom is 0.135 e. The predicted molar refractivity (Wildman–Crippen MR) is 69.2 cm³/mol. The van der Waals surface area contributed by atoms with E-state index in [9.17, 15) is 0 Å². The molecule has 1 aromatic heterocycles. The van der Waals surface area contributed by atoms with Crippen LogP contribution >= 0.6 is 0 Å². The Labute approximate surface area is 98.1 Å². The molecule has 1 aromatic rings. The second kappa shape index (κ2) is 5.68. The third kappa shape index (κ3) is 3.08. The number of nitrogens with zero attached hydrogens (tertiary/aromatic N) is 3. The van der Waals surface area contributed by atoms with Gasteiger partial charge >= 0.3 is 0 Å². The third-order valence-corrected chi connectivity index (χ3v) is 2.47. The monoisotopic (exact) mass is 222 g/mol. The van der Waals surface area contributed by atoms with Gasteiger partial charge in [0.2, 0.25) is 0 Å². The Morgan fingerprint density at radius 3 is 2.50 bits per heavy atom. The summed E-state index contributed by atoms with van der Waals surface area (Å²) >= 11 is 0. The normalized spacial score (nSPS) is 10.6. The summed E-state index contributed by atoms with van der Waals surface area (Å²) in [5.41, 5.74) is 0. The van der Waals surface area contributed by atoms with Gasteiger partial charge in [0, 0.05) is 32.1 Å². The van der Waals surface area contributed by atoms with Crippen LogP contribution in [0, 0.1) is 0 Å². The van der Waals surface area contributed by atoms with Gasteiger partial charge in [-0.25, -0.2) is 9.97 Å². The van der Waals surface area contributed by atoms with E-state index in [1.54, 1.807) is 0 Å². The van der Waals surface area contributed by atoms with E-state index < -0.39 is 0 Å². The molecule has 0 saturated carbocycles. The minimum atomic E-state index is 0.350. The molecule has 90 valence electrons. The minimum Gasteiger partial charge on any atom is -0.370 e. The number of aromatic nitrogens is 2. The van der Waals surface area contributed by atoms with Crippen LogP contribution in [-0.4, -0.2) is 30.1 Å². The van der Waals surface area contributed by atoms with Crippen molar-refractivity contribution < 1.29 is 0 Å². The molecular formula is C12H22N4. The molecule has 0 fully saturated rings. The third-order valence-electron chi connectivity index (χ3n) is 2.47. The molecule has 4 heteroatoms. The minimum absolute atomic E-state index is 0.350. The highest BCUT2D eigenvalue weighted by Crippen LogP contribution is 2.18. The second-order valence-corrected chi connectivity index (χ2v) is 4.17. The lowest BCUT2D eigenvalue weighted by Gasteiger charge is -2.18. The summed E-state index contributed by atoms with van der Waals surface area (Å²) in [6.45, 7) is 10.2. The van der Waals surface area contributed by atoms with Crippen LogP contribution in [0.15, 0.2) is 6.07 Å². The van der Waals surface area contributed by atoms with Gasteiger partial charge in [0.25, 0.3) is 0 Å². The van der Waals surface area contributed by atoms with Crippen LogP contribution in [-0.2, 0) is 0 Å². The molecule has 0 unspecified atom stereocenters. The number of hydrogen-bond donors (Lipinski definition) is 1. The Morgan fingerprint density at radius 2 is 2.00 bits per heavy atom. The number of hydrogen-bond acceptors (Lipinski definition) is 4. The summed E-state index contributed by atoms with van der Waals surface area (Å²) in [5, 5.41) is 3.24. The molecular weight excluding hydrogens is 200 g/mol. The molecule has 0 radical (unpaired) electrons. The van der Waals surface area contributed by atoms with Gasteiger partial charge < -0.3 is 10.2 Å². The van der Waals surface area contributed by atoms with Crippen molar-refractivity contribution in [2.75, 3.05) is 30.4 Å². The van der Waals surface area contributed by atoms with Gasteiger partial charge in [0.15, 0.2) is 0 Å². The van der Waals surface area contributed by atoms with Crippen LogP contribution < -0.4 is 10.2 Å². The highest BCUT2D eigenvalue weighted by Gasteiger charge is 2.09. The first-order valence-electron chi connectivity index (χ1n) is 5.92. The maximum absolute atomic E-state index is 4.56. The van der Waals surface area contributed by atoms with Crippen LogP contribution in [0.3, 0.4) is 0 Å². The number of anilines is 2. The van der Waals surface area contributed by atoms with Crippen LogP contribution in [0.5, 0.6) is 0 Å². The largest absolute Gasteiger partial charge is 0.370 e. The van der Waals surface area contributed by atoms with Gasteiger partial charge in [-0.2, -0.15) is 0 Å². The molecule has 0 aliphatic heterocycles. The molecule has 0 bridgehead atoms. The van der Waals surface area contributed by atoms with E-state index in [1.807, 2.05) is 13.1 Å². The Balaban J connectivity index is 3.08. The van der Waals surface area contributed by atoms with Crippen LogP contribution in [0.1, 0.15) is 39.4 Å². The van der Waals surface area contributed by atoms with E-state index >= 15 is 0 Å². The van der Waals surface area contributed by atoms with E-state index in [0.29, 0.717) is 5.92 Å². The van der Waals surface area contributed by atoms with Crippen LogP contribution in [0.25, 0.3) is 0 Å². The van der Waals surface area contributed by atoms with Crippen molar-refractivity contribution in [2.24, 2.45) is 0 Å². The fraction of sp³-hybridized carbons (Fsp3) is 0.667. The van der Waals surface area contributed by atoms with Gasteiger partial charge in [-0.05, 0) is 13.8 Å². The van der Waals surface area contributed by atoms with Crippen molar-refractivity contribution in [1.29, 1.82) is 0 Å². The Hall–Kier alpha value is -1.32. The SMILES string of the molecule is CCNc1cc(N(C)CC)nc(C(C)C)n1. The Bertz CT molecular complexity index is 336. The molecule has 1 N–H and O–H groups in total. The fourth-order valence-electron chi connectivity index (χ4n) is 1.34. The molecule has 0 amide bonds. The molecule has 0 spiro atoms. The van der Waals surface area contributed by atoms with Gasteiger partial charge in [-0.15, -0.1) is 0 Å². The van der Waals surface area contributed by atoms with Crippen molar-refractivity contribution >= 4 is 11.6 Å². The van der Waals surface area contributed by atoms with E-state index in [1.165, 1.54) is 0 Å². The molecule has 1 rings (SSSR count). The highest BCUT2D eigenvalue weighted by molar-refractivity contribution is 5.49. The summed E-state index contributed by atoms with van der Waals surface area (Å²) in [6.07, 6.45) is 0. The molecule has 0 aliphatic rings. The summed E-state index contributed by atoms with van der Waals surface area (Å²) in [5.74, 6) is 3.14. The van der Waals surface area contributed by atoms with Crippen molar-refractivity contribution in [2.45, 2.75) is 33.6 Å². The molecule has 0 aliphatic carbocycles. The topological polar surface area (TPSA) is 41.0 Å². The van der Waals surface area contributed by atoms with Crippen LogP contribution in [0.4, 0.5) is 11.6 Å². The number of nitrogens with one attached hydrogen (secondary N) is 1. The zero-order valence-corrected chi connectivity index (χ0v) is 10.9. The Morgan fingerprint density at radius 1 is 1.31 bits per heavy atom. The highest BCUT2D eigenvalue weighted by atomic mass is 15.2. The number of rotatable bonds is 5. The predicted octanol–water partition coefficient (Wildman–Crippen LogP) is 2.49. The standard InChI is InChI=1S/C12H22N4/c1-6-13-10-8-11(16(5)7-2)15-12(14-10)9(3)4/h8-9H,6-7H2,1-5H3,(H,13,14,15). The van der Waals surface area contributed by atoms with E-state index in [4.69, 9.17) is 0 Å². The molecule has 4 nitrogen and oxygen atoms in total. The van der Waals surface area contributed by atoms with E-state index in [2.05, 4.69) is 47.9 Å². The average molecular weight is 222 g/mol. The van der Waals surface area contributed by atoms with Crippen molar-refractivity contribution in [3.8, 4) is 0 Å². The van der Waals surface area contributed by atoms with Gasteiger partial charge in [-0.1, -0.05) is 13.8 Å². The first kappa shape index (κ1) is 12.7. The van der Waals surface area contributed by atoms with E-state index in [-0.39, 0.29) is 0 Å². The summed E-state index contributed by atoms with van der Waals surface area (Å²) in [7, 11) is 2.04.